The summed E-state index contributed by atoms with van der Waals surface area (Å²) in [6, 6.07) is 19.1. The first-order valence-electron chi connectivity index (χ1n) is 14.8. The number of halogens is 3. The van der Waals surface area contributed by atoms with Gasteiger partial charge in [0.15, 0.2) is 6.10 Å². The molecule has 1 fully saturated rings. The lowest BCUT2D eigenvalue weighted by atomic mass is 10.1. The molecule has 1 aliphatic heterocycles. The maximum absolute atomic E-state index is 13.2. The van der Waals surface area contributed by atoms with Crippen molar-refractivity contribution in [3.63, 3.8) is 0 Å². The lowest BCUT2D eigenvalue weighted by molar-refractivity contribution is -0.148. The predicted molar refractivity (Wildman–Crippen MR) is 176 cm³/mol. The molecule has 12 heteroatoms. The van der Waals surface area contributed by atoms with Crippen molar-refractivity contribution in [2.45, 2.75) is 43.3 Å². The highest BCUT2D eigenvalue weighted by molar-refractivity contribution is 7.98. The number of aryl methyl sites for hydroxylation is 1. The van der Waals surface area contributed by atoms with Gasteiger partial charge < -0.3 is 19.1 Å². The second-order valence-electron chi connectivity index (χ2n) is 10.9. The van der Waals surface area contributed by atoms with E-state index < -0.39 is 23.8 Å². The number of nitrogens with zero attached hydrogens (tertiary/aromatic N) is 3. The van der Waals surface area contributed by atoms with Gasteiger partial charge in [0.05, 0.1) is 25.5 Å². The highest BCUT2D eigenvalue weighted by atomic mass is 32.2. The highest BCUT2D eigenvalue weighted by Crippen LogP contribution is 2.37. The summed E-state index contributed by atoms with van der Waals surface area (Å²) in [5, 5.41) is 0.702. The molecule has 1 aromatic heterocycles. The van der Waals surface area contributed by atoms with E-state index in [1.54, 1.807) is 25.8 Å². The number of carbonyl (C=O) groups is 1. The fourth-order valence-corrected chi connectivity index (χ4v) is 7.28. The second kappa shape index (κ2) is 14.8. The molecule has 1 atom stereocenters. The normalized spacial score (nSPS) is 14.6. The number of thioether (sulfide) groups is 1. The van der Waals surface area contributed by atoms with Crippen LogP contribution in [0.4, 0.5) is 18.9 Å². The average molecular weight is 672 g/mol. The molecule has 0 saturated carbocycles. The third-order valence-corrected chi connectivity index (χ3v) is 10.1. The van der Waals surface area contributed by atoms with E-state index in [2.05, 4.69) is 21.9 Å². The Labute approximate surface area is 275 Å². The Morgan fingerprint density at radius 1 is 1.00 bits per heavy atom. The molecule has 4 aromatic rings. The van der Waals surface area contributed by atoms with Crippen LogP contribution in [-0.4, -0.2) is 62.4 Å². The molecular weight excluding hydrogens is 636 g/mol. The Kier molecular flexibility index (Phi) is 10.8. The van der Waals surface area contributed by atoms with Gasteiger partial charge in [-0.05, 0) is 74.0 Å². The first-order chi connectivity index (χ1) is 22.0. The van der Waals surface area contributed by atoms with Crippen LogP contribution in [0.25, 0.3) is 10.6 Å². The van der Waals surface area contributed by atoms with Crippen LogP contribution in [0.15, 0.2) is 71.6 Å². The van der Waals surface area contributed by atoms with Crippen LogP contribution in [0.1, 0.15) is 28.6 Å². The van der Waals surface area contributed by atoms with Gasteiger partial charge in [-0.15, -0.1) is 23.1 Å². The minimum Gasteiger partial charge on any atom is -0.497 e. The van der Waals surface area contributed by atoms with E-state index in [1.807, 2.05) is 37.3 Å². The predicted octanol–water partition coefficient (Wildman–Crippen LogP) is 7.70. The summed E-state index contributed by atoms with van der Waals surface area (Å²) < 4.78 is 55.4. The van der Waals surface area contributed by atoms with Crippen molar-refractivity contribution in [2.24, 2.45) is 0 Å². The fraction of sp³-hybridized carbons (Fsp3) is 0.353. The van der Waals surface area contributed by atoms with Gasteiger partial charge in [0.25, 0.3) is 0 Å². The van der Waals surface area contributed by atoms with Crippen molar-refractivity contribution in [3.05, 3.63) is 88.4 Å². The van der Waals surface area contributed by atoms with E-state index in [0.717, 1.165) is 70.8 Å². The standard InChI is InChI=1S/C34H36F3N3O4S2/c1-22-19-28(13-14-30(22)44-23(2)33(41)43-4)45-21-31-29(38-32(46-31)24-5-7-25(8-6-24)34(35,36)37)20-39-15-17-40(18-16-39)26-9-11-27(42-3)12-10-26/h5-14,19,23H,15-18,20-21H2,1-4H3/t23-/m1/s1. The van der Waals surface area contributed by atoms with Crippen molar-refractivity contribution < 1.29 is 32.2 Å². The first kappa shape index (κ1) is 33.6. The lowest BCUT2D eigenvalue weighted by Gasteiger charge is -2.36. The van der Waals surface area contributed by atoms with E-state index in [9.17, 15) is 18.0 Å². The molecule has 244 valence electrons. The molecule has 2 heterocycles. The summed E-state index contributed by atoms with van der Waals surface area (Å²) in [6.07, 6.45) is -5.11. The number of benzene rings is 3. The van der Waals surface area contributed by atoms with Crippen LogP contribution in [0.2, 0.25) is 0 Å². The summed E-state index contributed by atoms with van der Waals surface area (Å²) in [6.45, 7) is 7.68. The van der Waals surface area contributed by atoms with Crippen molar-refractivity contribution in [2.75, 3.05) is 45.3 Å². The zero-order valence-electron chi connectivity index (χ0n) is 26.1. The molecule has 0 amide bonds. The number of ether oxygens (including phenoxy) is 3. The maximum atomic E-state index is 13.2. The number of thiazole rings is 1. The molecule has 0 unspecified atom stereocenters. The Bertz CT molecular complexity index is 1620. The Balaban J connectivity index is 1.30. The molecular formula is C34H36F3N3O4S2. The van der Waals surface area contributed by atoms with Crippen LogP contribution in [0.5, 0.6) is 11.5 Å². The number of esters is 1. The van der Waals surface area contributed by atoms with Crippen molar-refractivity contribution in [1.29, 1.82) is 0 Å². The molecule has 1 aliphatic rings. The van der Waals surface area contributed by atoms with Gasteiger partial charge in [-0.3, -0.25) is 4.90 Å². The quantitative estimate of drug-likeness (QED) is 0.119. The number of alkyl halides is 3. The Morgan fingerprint density at radius 3 is 2.30 bits per heavy atom. The molecule has 5 rings (SSSR count). The number of hydrogen-bond acceptors (Lipinski definition) is 9. The van der Waals surface area contributed by atoms with Crippen LogP contribution < -0.4 is 14.4 Å². The van der Waals surface area contributed by atoms with E-state index in [4.69, 9.17) is 19.2 Å². The molecule has 0 radical (unpaired) electrons. The Morgan fingerprint density at radius 2 is 1.70 bits per heavy atom. The molecule has 3 aromatic carbocycles. The van der Waals surface area contributed by atoms with Crippen molar-refractivity contribution >= 4 is 34.8 Å². The first-order valence-corrected chi connectivity index (χ1v) is 16.6. The number of piperazine rings is 1. The fourth-order valence-electron chi connectivity index (χ4n) is 5.11. The molecule has 0 bridgehead atoms. The summed E-state index contributed by atoms with van der Waals surface area (Å²) in [4.78, 5) is 23.6. The molecule has 0 aliphatic carbocycles. The minimum atomic E-state index is -4.39. The number of methoxy groups -OCH3 is 2. The van der Waals surface area contributed by atoms with Gasteiger partial charge in [-0.25, -0.2) is 9.78 Å². The van der Waals surface area contributed by atoms with Crippen LogP contribution in [0.3, 0.4) is 0 Å². The SMILES string of the molecule is COC(=O)[C@@H](C)Oc1ccc(SCc2sc(-c3ccc(C(F)(F)F)cc3)nc2CN2CCN(c3ccc(OC)cc3)CC2)cc1C. The third kappa shape index (κ3) is 8.34. The van der Waals surface area contributed by atoms with E-state index in [1.165, 1.54) is 30.6 Å². The van der Waals surface area contributed by atoms with E-state index >= 15 is 0 Å². The topological polar surface area (TPSA) is 64.1 Å². The van der Waals surface area contributed by atoms with Gasteiger partial charge in [-0.2, -0.15) is 13.2 Å². The van der Waals surface area contributed by atoms with Gasteiger partial charge in [0, 0.05) is 59.5 Å². The van der Waals surface area contributed by atoms with Gasteiger partial charge >= 0.3 is 12.1 Å². The molecule has 0 spiro atoms. The number of aromatic nitrogens is 1. The van der Waals surface area contributed by atoms with Crippen LogP contribution in [-0.2, 0) is 28.0 Å². The molecule has 46 heavy (non-hydrogen) atoms. The summed E-state index contributed by atoms with van der Waals surface area (Å²) in [5.74, 6) is 1.64. The number of hydrogen-bond donors (Lipinski definition) is 0. The van der Waals surface area contributed by atoms with Gasteiger partial charge in [-0.1, -0.05) is 12.1 Å². The highest BCUT2D eigenvalue weighted by Gasteiger charge is 2.30. The zero-order valence-corrected chi connectivity index (χ0v) is 27.7. The number of anilines is 1. The molecule has 7 nitrogen and oxygen atoms in total. The number of rotatable bonds is 11. The minimum absolute atomic E-state index is 0.443. The largest absolute Gasteiger partial charge is 0.497 e. The Hall–Kier alpha value is -3.74. The summed E-state index contributed by atoms with van der Waals surface area (Å²) >= 11 is 3.17. The molecule has 0 N–H and O–H groups in total. The second-order valence-corrected chi connectivity index (χ2v) is 13.1. The van der Waals surface area contributed by atoms with E-state index in [-0.39, 0.29) is 0 Å². The van der Waals surface area contributed by atoms with Crippen LogP contribution >= 0.6 is 23.1 Å². The van der Waals surface area contributed by atoms with Gasteiger partial charge in [0.1, 0.15) is 16.5 Å². The van der Waals surface area contributed by atoms with Crippen molar-refractivity contribution in [1.82, 2.24) is 9.88 Å². The summed E-state index contributed by atoms with van der Waals surface area (Å²) in [7, 11) is 2.98. The van der Waals surface area contributed by atoms with Crippen LogP contribution in [0, 0.1) is 6.92 Å². The monoisotopic (exact) mass is 671 g/mol. The van der Waals surface area contributed by atoms with E-state index in [0.29, 0.717) is 28.6 Å². The molecule has 1 saturated heterocycles. The number of carbonyl (C=O) groups excluding carboxylic acids is 1. The van der Waals surface area contributed by atoms with Crippen molar-refractivity contribution in [3.8, 4) is 22.1 Å². The lowest BCUT2D eigenvalue weighted by Crippen LogP contribution is -2.46. The summed E-state index contributed by atoms with van der Waals surface area (Å²) in [5.41, 5.74) is 2.97. The smallest absolute Gasteiger partial charge is 0.416 e. The maximum Gasteiger partial charge on any atom is 0.416 e. The average Bonchev–Trinajstić information content (AvgIpc) is 3.46. The van der Waals surface area contributed by atoms with Gasteiger partial charge in [0.2, 0.25) is 0 Å². The third-order valence-electron chi connectivity index (χ3n) is 7.77. The zero-order chi connectivity index (χ0) is 32.8.